The summed E-state index contributed by atoms with van der Waals surface area (Å²) in [6.07, 6.45) is 1.55. The first-order valence-corrected chi connectivity index (χ1v) is 9.75. The first-order chi connectivity index (χ1) is 13.3. The predicted molar refractivity (Wildman–Crippen MR) is 116 cm³/mol. The largest absolute Gasteiger partial charge is 0.488 e. The van der Waals surface area contributed by atoms with Crippen LogP contribution < -0.4 is 4.74 Å². The Bertz CT molecular complexity index is 1010. The van der Waals surface area contributed by atoms with Crippen LogP contribution in [0.3, 0.4) is 0 Å². The molecule has 146 valence electrons. The molecule has 0 saturated heterocycles. The fourth-order valence-corrected chi connectivity index (χ4v) is 3.27. The van der Waals surface area contributed by atoms with Crippen LogP contribution in [0.2, 0.25) is 0 Å². The van der Waals surface area contributed by atoms with Gasteiger partial charge in [-0.3, -0.25) is 0 Å². The second kappa shape index (κ2) is 8.05. The molecule has 0 aliphatic carbocycles. The number of hydrogen-bond acceptors (Lipinski definition) is 3. The Hall–Kier alpha value is -2.81. The van der Waals surface area contributed by atoms with Crippen LogP contribution in [0.1, 0.15) is 39.7 Å². The van der Waals surface area contributed by atoms with E-state index in [-0.39, 0.29) is 11.5 Å². The lowest BCUT2D eigenvalue weighted by atomic mass is 9.85. The topological polar surface area (TPSA) is 35.5 Å². The van der Waals surface area contributed by atoms with Crippen molar-refractivity contribution in [2.75, 3.05) is 6.61 Å². The average Bonchev–Trinajstić information content (AvgIpc) is 2.68. The highest BCUT2D eigenvalue weighted by Crippen LogP contribution is 2.37. The Balaban J connectivity index is 2.08. The standard InChI is InChI=1S/C25H28O3/c1-6-20(28-23(26)7-2)16-27-24-21-11-9-8-10-17(21)14-18-12-13-19(15-22(18)24)25(3,4)5/h7-15,20H,2,6,16H2,1,3-5H3. The molecule has 0 bridgehead atoms. The van der Waals surface area contributed by atoms with Crippen molar-refractivity contribution in [1.82, 2.24) is 0 Å². The quantitative estimate of drug-likeness (QED) is 0.293. The van der Waals surface area contributed by atoms with Gasteiger partial charge in [0.15, 0.2) is 0 Å². The molecular weight excluding hydrogens is 348 g/mol. The van der Waals surface area contributed by atoms with Crippen molar-refractivity contribution in [1.29, 1.82) is 0 Å². The summed E-state index contributed by atoms with van der Waals surface area (Å²) in [4.78, 5) is 11.6. The van der Waals surface area contributed by atoms with E-state index in [1.807, 2.05) is 19.1 Å². The zero-order chi connectivity index (χ0) is 20.3. The van der Waals surface area contributed by atoms with Crippen molar-refractivity contribution >= 4 is 27.5 Å². The third-order valence-corrected chi connectivity index (χ3v) is 5.00. The number of carbonyl (C=O) groups is 1. The molecule has 0 aromatic heterocycles. The van der Waals surface area contributed by atoms with Gasteiger partial charge >= 0.3 is 5.97 Å². The lowest BCUT2D eigenvalue weighted by Gasteiger charge is -2.22. The number of carbonyl (C=O) groups excluding carboxylic acids is 1. The van der Waals surface area contributed by atoms with Crippen LogP contribution in [0.15, 0.2) is 61.2 Å². The molecule has 1 unspecified atom stereocenters. The minimum atomic E-state index is -0.423. The van der Waals surface area contributed by atoms with E-state index in [1.54, 1.807) is 0 Å². The second-order valence-electron chi connectivity index (χ2n) is 8.10. The normalized spacial score (nSPS) is 12.7. The zero-order valence-electron chi connectivity index (χ0n) is 17.1. The first-order valence-electron chi connectivity index (χ1n) is 9.75. The van der Waals surface area contributed by atoms with Crippen molar-refractivity contribution in [3.63, 3.8) is 0 Å². The highest BCUT2D eigenvalue weighted by molar-refractivity contribution is 6.05. The van der Waals surface area contributed by atoms with Crippen molar-refractivity contribution < 1.29 is 14.3 Å². The van der Waals surface area contributed by atoms with E-state index in [4.69, 9.17) is 9.47 Å². The Labute approximate surface area is 167 Å². The molecule has 0 N–H and O–H groups in total. The highest BCUT2D eigenvalue weighted by atomic mass is 16.6. The van der Waals surface area contributed by atoms with Gasteiger partial charge in [0.1, 0.15) is 18.5 Å². The summed E-state index contributed by atoms with van der Waals surface area (Å²) in [5.74, 6) is 0.417. The van der Waals surface area contributed by atoms with Crippen molar-refractivity contribution in [3.05, 3.63) is 66.7 Å². The molecule has 0 radical (unpaired) electrons. The van der Waals surface area contributed by atoms with Crippen LogP contribution in [0.4, 0.5) is 0 Å². The Morgan fingerprint density at radius 2 is 1.79 bits per heavy atom. The van der Waals surface area contributed by atoms with E-state index < -0.39 is 5.97 Å². The minimum absolute atomic E-state index is 0.0442. The van der Waals surface area contributed by atoms with Gasteiger partial charge in [0, 0.05) is 16.8 Å². The Morgan fingerprint density at radius 3 is 2.46 bits per heavy atom. The third kappa shape index (κ3) is 4.19. The van der Waals surface area contributed by atoms with Gasteiger partial charge in [-0.15, -0.1) is 0 Å². The molecule has 0 amide bonds. The van der Waals surface area contributed by atoms with Crippen molar-refractivity contribution in [2.45, 2.75) is 45.6 Å². The molecule has 3 nitrogen and oxygen atoms in total. The number of fused-ring (bicyclic) bond motifs is 2. The van der Waals surface area contributed by atoms with E-state index in [0.717, 1.165) is 27.3 Å². The summed E-state index contributed by atoms with van der Waals surface area (Å²) in [5.41, 5.74) is 1.30. The van der Waals surface area contributed by atoms with E-state index in [9.17, 15) is 4.79 Å². The predicted octanol–water partition coefficient (Wildman–Crippen LogP) is 6.18. The molecule has 0 spiro atoms. The lowest BCUT2D eigenvalue weighted by molar-refractivity contribution is -0.144. The van der Waals surface area contributed by atoms with E-state index in [1.165, 1.54) is 11.6 Å². The fraction of sp³-hybridized carbons (Fsp3) is 0.320. The number of ether oxygens (including phenoxy) is 2. The molecule has 1 atom stereocenters. The summed E-state index contributed by atoms with van der Waals surface area (Å²) in [6, 6.07) is 17.0. The fourth-order valence-electron chi connectivity index (χ4n) is 3.27. The van der Waals surface area contributed by atoms with Crippen LogP contribution in [0.5, 0.6) is 5.75 Å². The minimum Gasteiger partial charge on any atom is -0.488 e. The Morgan fingerprint density at radius 1 is 1.07 bits per heavy atom. The average molecular weight is 376 g/mol. The van der Waals surface area contributed by atoms with Crippen LogP contribution >= 0.6 is 0 Å². The van der Waals surface area contributed by atoms with Crippen molar-refractivity contribution in [3.8, 4) is 5.75 Å². The maximum absolute atomic E-state index is 11.6. The van der Waals surface area contributed by atoms with Gasteiger partial charge in [0.05, 0.1) is 0 Å². The summed E-state index contributed by atoms with van der Waals surface area (Å²) < 4.78 is 11.7. The van der Waals surface area contributed by atoms with E-state index in [2.05, 4.69) is 63.7 Å². The molecule has 3 heteroatoms. The SMILES string of the molecule is C=CC(=O)OC(CC)COc1c2ccccc2cc2ccc(C(C)(C)C)cc12. The molecule has 0 aliphatic heterocycles. The van der Waals surface area contributed by atoms with Gasteiger partial charge in [0.2, 0.25) is 0 Å². The highest BCUT2D eigenvalue weighted by Gasteiger charge is 2.18. The Kier molecular flexibility index (Phi) is 5.73. The molecule has 28 heavy (non-hydrogen) atoms. The molecular formula is C25H28O3. The van der Waals surface area contributed by atoms with Crippen LogP contribution in [-0.2, 0) is 14.9 Å². The molecule has 0 aliphatic rings. The molecule has 3 aromatic rings. The number of rotatable bonds is 6. The molecule has 3 rings (SSSR count). The third-order valence-electron chi connectivity index (χ3n) is 5.00. The number of hydrogen-bond donors (Lipinski definition) is 0. The van der Waals surface area contributed by atoms with Gasteiger partial charge in [0.25, 0.3) is 0 Å². The molecule has 0 heterocycles. The van der Waals surface area contributed by atoms with Gasteiger partial charge in [-0.2, -0.15) is 0 Å². The summed E-state index contributed by atoms with van der Waals surface area (Å²) in [5, 5.41) is 4.41. The first kappa shape index (κ1) is 19.9. The maximum Gasteiger partial charge on any atom is 0.330 e. The van der Waals surface area contributed by atoms with Gasteiger partial charge in [-0.25, -0.2) is 4.79 Å². The van der Waals surface area contributed by atoms with Crippen LogP contribution in [0, 0.1) is 0 Å². The smallest absolute Gasteiger partial charge is 0.330 e. The summed E-state index contributed by atoms with van der Waals surface area (Å²) >= 11 is 0. The van der Waals surface area contributed by atoms with Crippen LogP contribution in [-0.4, -0.2) is 18.7 Å². The van der Waals surface area contributed by atoms with Gasteiger partial charge in [-0.1, -0.05) is 70.7 Å². The lowest BCUT2D eigenvalue weighted by Crippen LogP contribution is -2.23. The van der Waals surface area contributed by atoms with Crippen molar-refractivity contribution in [2.24, 2.45) is 0 Å². The molecule has 0 fully saturated rings. The number of esters is 1. The van der Waals surface area contributed by atoms with E-state index in [0.29, 0.717) is 13.0 Å². The van der Waals surface area contributed by atoms with Gasteiger partial charge in [-0.05, 0) is 40.3 Å². The summed E-state index contributed by atoms with van der Waals surface area (Å²) in [7, 11) is 0. The summed E-state index contributed by atoms with van der Waals surface area (Å²) in [6.45, 7) is 12.4. The monoisotopic (exact) mass is 376 g/mol. The molecule has 3 aromatic carbocycles. The molecule has 0 saturated carbocycles. The maximum atomic E-state index is 11.6. The van der Waals surface area contributed by atoms with Gasteiger partial charge < -0.3 is 9.47 Å². The second-order valence-corrected chi connectivity index (χ2v) is 8.10. The zero-order valence-corrected chi connectivity index (χ0v) is 17.1. The van der Waals surface area contributed by atoms with Crippen LogP contribution in [0.25, 0.3) is 21.5 Å². The van der Waals surface area contributed by atoms with E-state index >= 15 is 0 Å². The number of benzene rings is 3.